The zero-order valence-corrected chi connectivity index (χ0v) is 12.2. The highest BCUT2D eigenvalue weighted by atomic mass is 32.2. The van der Waals surface area contributed by atoms with Crippen LogP contribution < -0.4 is 5.32 Å². The van der Waals surface area contributed by atoms with E-state index in [9.17, 15) is 9.59 Å². The average Bonchev–Trinajstić information content (AvgIpc) is 2.49. The lowest BCUT2D eigenvalue weighted by Gasteiger charge is -2.24. The van der Waals surface area contributed by atoms with E-state index in [1.54, 1.807) is 4.90 Å². The third kappa shape index (κ3) is 5.28. The fourth-order valence-corrected chi connectivity index (χ4v) is 2.95. The Balaban J connectivity index is 2.54. The van der Waals surface area contributed by atoms with Crippen molar-refractivity contribution in [2.24, 2.45) is 0 Å². The first-order chi connectivity index (χ1) is 8.85. The van der Waals surface area contributed by atoms with E-state index in [1.165, 1.54) is 0 Å². The van der Waals surface area contributed by atoms with Crippen molar-refractivity contribution in [2.75, 3.05) is 25.4 Å². The predicted molar refractivity (Wildman–Crippen MR) is 74.4 cm³/mol. The minimum atomic E-state index is -1.12. The molecule has 0 aliphatic carbocycles. The summed E-state index contributed by atoms with van der Waals surface area (Å²) in [6, 6.07) is -1.39. The molecule has 1 aliphatic heterocycles. The molecule has 1 aliphatic rings. The molecule has 0 radical (unpaired) electrons. The van der Waals surface area contributed by atoms with E-state index < -0.39 is 12.0 Å². The summed E-state index contributed by atoms with van der Waals surface area (Å²) in [4.78, 5) is 24.6. The Bertz CT molecular complexity index is 336. The summed E-state index contributed by atoms with van der Waals surface area (Å²) in [6.07, 6.45) is 0.901. The van der Waals surface area contributed by atoms with Crippen LogP contribution >= 0.6 is 11.8 Å². The molecular weight excluding hydrogens is 268 g/mol. The van der Waals surface area contributed by atoms with Crippen molar-refractivity contribution in [1.82, 2.24) is 10.2 Å². The van der Waals surface area contributed by atoms with Crippen molar-refractivity contribution in [3.8, 4) is 0 Å². The predicted octanol–water partition coefficient (Wildman–Crippen LogP) is 0.749. The molecule has 6 nitrogen and oxygen atoms in total. The first kappa shape index (κ1) is 16.1. The lowest BCUT2D eigenvalue weighted by Crippen LogP contribution is -2.49. The third-order valence-corrected chi connectivity index (χ3v) is 4.51. The van der Waals surface area contributed by atoms with E-state index in [4.69, 9.17) is 10.2 Å². The Morgan fingerprint density at radius 2 is 2.11 bits per heavy atom. The van der Waals surface area contributed by atoms with Crippen molar-refractivity contribution in [1.29, 1.82) is 0 Å². The molecule has 1 heterocycles. The van der Waals surface area contributed by atoms with Crippen molar-refractivity contribution >= 4 is 23.8 Å². The molecule has 1 fully saturated rings. The molecule has 1 unspecified atom stereocenters. The molecule has 0 bridgehead atoms. The van der Waals surface area contributed by atoms with E-state index in [1.807, 2.05) is 11.8 Å². The molecular formula is C12H22N2O4S. The van der Waals surface area contributed by atoms with E-state index >= 15 is 0 Å². The van der Waals surface area contributed by atoms with Gasteiger partial charge in [0.25, 0.3) is 0 Å². The molecule has 0 spiro atoms. The molecule has 0 aromatic rings. The fraction of sp³-hybridized carbons (Fsp3) is 0.833. The van der Waals surface area contributed by atoms with Crippen LogP contribution in [0.4, 0.5) is 4.79 Å². The van der Waals surface area contributed by atoms with Crippen LogP contribution in [0.2, 0.25) is 0 Å². The van der Waals surface area contributed by atoms with Gasteiger partial charge >= 0.3 is 12.0 Å². The number of carbonyl (C=O) groups is 2. The number of nitrogens with zero attached hydrogens (tertiary/aromatic N) is 1. The van der Waals surface area contributed by atoms with Crippen LogP contribution in [0, 0.1) is 0 Å². The topological polar surface area (TPSA) is 89.9 Å². The van der Waals surface area contributed by atoms with Crippen LogP contribution in [0.15, 0.2) is 0 Å². The summed E-state index contributed by atoms with van der Waals surface area (Å²) in [5.41, 5.74) is 0. The first-order valence-corrected chi connectivity index (χ1v) is 7.37. The molecule has 2 amide bonds. The number of carboxylic acids is 1. The van der Waals surface area contributed by atoms with Gasteiger partial charge in [-0.2, -0.15) is 11.8 Å². The summed E-state index contributed by atoms with van der Waals surface area (Å²) < 4.78 is 0.145. The van der Waals surface area contributed by atoms with Gasteiger partial charge in [0.1, 0.15) is 6.04 Å². The van der Waals surface area contributed by atoms with Crippen LogP contribution in [-0.4, -0.2) is 63.4 Å². The molecule has 1 saturated heterocycles. The maximum absolute atomic E-state index is 12.0. The number of carboxylic acid groups (broad SMARTS) is 1. The molecule has 1 rings (SSSR count). The summed E-state index contributed by atoms with van der Waals surface area (Å²) >= 11 is 1.82. The first-order valence-electron chi connectivity index (χ1n) is 6.39. The number of urea groups is 1. The number of aliphatic hydroxyl groups excluding tert-OH is 1. The second-order valence-corrected chi connectivity index (χ2v) is 7.00. The van der Waals surface area contributed by atoms with E-state index in [0.29, 0.717) is 13.1 Å². The van der Waals surface area contributed by atoms with Gasteiger partial charge in [-0.05, 0) is 6.42 Å². The van der Waals surface area contributed by atoms with Crippen LogP contribution in [0.1, 0.15) is 26.7 Å². The molecule has 1 atom stereocenters. The van der Waals surface area contributed by atoms with Crippen molar-refractivity contribution in [3.05, 3.63) is 0 Å². The number of thioether (sulfide) groups is 1. The molecule has 7 heteroatoms. The Labute approximate surface area is 117 Å². The number of carbonyl (C=O) groups excluding carboxylic acids is 1. The lowest BCUT2D eigenvalue weighted by atomic mass is 10.1. The number of hydrogen-bond donors (Lipinski definition) is 3. The van der Waals surface area contributed by atoms with Gasteiger partial charge in [-0.3, -0.25) is 0 Å². The highest BCUT2D eigenvalue weighted by molar-refractivity contribution is 8.00. The number of nitrogens with one attached hydrogen (secondary N) is 1. The summed E-state index contributed by atoms with van der Waals surface area (Å²) in [5.74, 6) is -0.273. The van der Waals surface area contributed by atoms with Gasteiger partial charge in [-0.25, -0.2) is 9.59 Å². The number of aliphatic carboxylic acids is 1. The smallest absolute Gasteiger partial charge is 0.326 e. The number of hydrogen-bond acceptors (Lipinski definition) is 4. The number of amides is 2. The number of aliphatic hydroxyl groups is 1. The normalized spacial score (nSPS) is 20.5. The highest BCUT2D eigenvalue weighted by Gasteiger charge is 2.28. The minimum absolute atomic E-state index is 0.0230. The van der Waals surface area contributed by atoms with Crippen LogP contribution in [0.3, 0.4) is 0 Å². The zero-order valence-electron chi connectivity index (χ0n) is 11.4. The van der Waals surface area contributed by atoms with Gasteiger partial charge in [0, 0.05) is 36.6 Å². The van der Waals surface area contributed by atoms with Crippen molar-refractivity contribution in [3.63, 3.8) is 0 Å². The lowest BCUT2D eigenvalue weighted by molar-refractivity contribution is -0.139. The average molecular weight is 290 g/mol. The second-order valence-electron chi connectivity index (χ2n) is 5.20. The Kier molecular flexibility index (Phi) is 5.93. The van der Waals surface area contributed by atoms with Crippen LogP contribution in [0.25, 0.3) is 0 Å². The van der Waals surface area contributed by atoms with Crippen molar-refractivity contribution in [2.45, 2.75) is 37.5 Å². The minimum Gasteiger partial charge on any atom is -0.480 e. The van der Waals surface area contributed by atoms with Gasteiger partial charge in [0.05, 0.1) is 0 Å². The van der Waals surface area contributed by atoms with E-state index in [-0.39, 0.29) is 23.8 Å². The van der Waals surface area contributed by atoms with Crippen LogP contribution in [-0.2, 0) is 4.79 Å². The molecule has 110 valence electrons. The van der Waals surface area contributed by atoms with E-state index in [2.05, 4.69) is 19.2 Å². The largest absolute Gasteiger partial charge is 0.480 e. The van der Waals surface area contributed by atoms with Gasteiger partial charge in [-0.15, -0.1) is 0 Å². The molecule has 0 aromatic heterocycles. The highest BCUT2D eigenvalue weighted by Crippen LogP contribution is 2.30. The van der Waals surface area contributed by atoms with Gasteiger partial charge in [0.2, 0.25) is 0 Å². The quantitative estimate of drug-likeness (QED) is 0.711. The third-order valence-electron chi connectivity index (χ3n) is 3.14. The van der Waals surface area contributed by atoms with Crippen LogP contribution in [0.5, 0.6) is 0 Å². The maximum Gasteiger partial charge on any atom is 0.326 e. The second kappa shape index (κ2) is 7.00. The fourth-order valence-electron chi connectivity index (χ4n) is 1.85. The molecule has 0 aromatic carbocycles. The Hall–Kier alpha value is -0.950. The maximum atomic E-state index is 12.0. The molecule has 0 saturated carbocycles. The van der Waals surface area contributed by atoms with Crippen molar-refractivity contribution < 1.29 is 19.8 Å². The summed E-state index contributed by atoms with van der Waals surface area (Å²) in [7, 11) is 0. The van der Waals surface area contributed by atoms with Gasteiger partial charge in [0.15, 0.2) is 0 Å². The zero-order chi connectivity index (χ0) is 14.5. The van der Waals surface area contributed by atoms with E-state index in [0.717, 1.165) is 12.2 Å². The monoisotopic (exact) mass is 290 g/mol. The number of rotatable bonds is 4. The SMILES string of the molecule is CC1(C)CCN(C(=O)NC(CCO)C(=O)O)CCS1. The summed E-state index contributed by atoms with van der Waals surface area (Å²) in [5, 5.41) is 20.2. The Morgan fingerprint density at radius 1 is 1.42 bits per heavy atom. The van der Waals surface area contributed by atoms with Gasteiger partial charge in [-0.1, -0.05) is 13.8 Å². The molecule has 3 N–H and O–H groups in total. The molecule has 19 heavy (non-hydrogen) atoms. The van der Waals surface area contributed by atoms with Gasteiger partial charge < -0.3 is 20.4 Å². The Morgan fingerprint density at radius 3 is 2.68 bits per heavy atom. The standard InChI is InChI=1S/C12H22N2O4S/c1-12(2)4-5-14(6-8-19-12)11(18)13-9(3-7-15)10(16)17/h9,15H,3-8H2,1-2H3,(H,13,18)(H,16,17). The summed E-state index contributed by atoms with van der Waals surface area (Å²) in [6.45, 7) is 5.26.